The molecule has 0 saturated carbocycles. The molecule has 1 aromatic carbocycles. The number of para-hydroxylation sites is 1. The maximum Gasteiger partial charge on any atom is 0.122 e. The lowest BCUT2D eigenvalue weighted by atomic mass is 9.97. The van der Waals surface area contributed by atoms with Crippen LogP contribution in [0.15, 0.2) is 24.3 Å². The van der Waals surface area contributed by atoms with Gasteiger partial charge >= 0.3 is 0 Å². The molecular weight excluding hydrogens is 248 g/mol. The molecule has 3 heteroatoms. The van der Waals surface area contributed by atoms with Gasteiger partial charge in [-0.25, -0.2) is 0 Å². The number of nitrogens with one attached hydrogen (secondary N) is 1. The van der Waals surface area contributed by atoms with E-state index in [1.54, 1.807) is 7.11 Å². The highest BCUT2D eigenvalue weighted by atomic mass is 16.5. The summed E-state index contributed by atoms with van der Waals surface area (Å²) in [4.78, 5) is 2.45. The van der Waals surface area contributed by atoms with Crippen molar-refractivity contribution in [2.75, 3.05) is 33.8 Å². The lowest BCUT2D eigenvalue weighted by Gasteiger charge is -2.30. The third kappa shape index (κ3) is 4.50. The summed E-state index contributed by atoms with van der Waals surface area (Å²) < 4.78 is 5.42. The number of piperidine rings is 1. The van der Waals surface area contributed by atoms with E-state index in [1.807, 2.05) is 12.1 Å². The highest BCUT2D eigenvalue weighted by Crippen LogP contribution is 2.19. The Kier molecular flexibility index (Phi) is 5.86. The number of likely N-dealkylation sites (tertiary alicyclic amines) is 1. The first-order valence-corrected chi connectivity index (χ1v) is 7.73. The predicted octanol–water partition coefficient (Wildman–Crippen LogP) is 2.56. The Morgan fingerprint density at radius 1 is 1.40 bits per heavy atom. The monoisotopic (exact) mass is 276 g/mol. The fourth-order valence-corrected chi connectivity index (χ4v) is 3.08. The molecular formula is C17H28N2O. The van der Waals surface area contributed by atoms with Gasteiger partial charge in [0.25, 0.3) is 0 Å². The quantitative estimate of drug-likeness (QED) is 0.864. The lowest BCUT2D eigenvalue weighted by Crippen LogP contribution is -2.40. The Hall–Kier alpha value is -1.06. The molecule has 1 fully saturated rings. The number of rotatable bonds is 6. The van der Waals surface area contributed by atoms with Gasteiger partial charge in [-0.3, -0.25) is 0 Å². The molecule has 1 aromatic rings. The summed E-state index contributed by atoms with van der Waals surface area (Å²) in [5.41, 5.74) is 1.29. The largest absolute Gasteiger partial charge is 0.496 e. The van der Waals surface area contributed by atoms with Gasteiger partial charge in [0.2, 0.25) is 0 Å². The van der Waals surface area contributed by atoms with Crippen LogP contribution in [0.2, 0.25) is 0 Å². The van der Waals surface area contributed by atoms with Crippen LogP contribution >= 0.6 is 0 Å². The van der Waals surface area contributed by atoms with E-state index in [-0.39, 0.29) is 0 Å². The summed E-state index contributed by atoms with van der Waals surface area (Å²) in [6, 6.07) is 8.79. The molecule has 0 aromatic heterocycles. The molecule has 0 amide bonds. The van der Waals surface area contributed by atoms with Crippen LogP contribution in [0.25, 0.3) is 0 Å². The minimum Gasteiger partial charge on any atom is -0.496 e. The minimum atomic E-state index is 0.485. The van der Waals surface area contributed by atoms with Crippen molar-refractivity contribution in [1.82, 2.24) is 10.2 Å². The number of ether oxygens (including phenoxy) is 1. The van der Waals surface area contributed by atoms with E-state index in [4.69, 9.17) is 4.74 Å². The van der Waals surface area contributed by atoms with Gasteiger partial charge in [0.15, 0.2) is 0 Å². The van der Waals surface area contributed by atoms with Crippen molar-refractivity contribution >= 4 is 0 Å². The van der Waals surface area contributed by atoms with Crippen LogP contribution in [0.4, 0.5) is 0 Å². The molecule has 0 bridgehead atoms. The van der Waals surface area contributed by atoms with Gasteiger partial charge in [-0.1, -0.05) is 18.2 Å². The van der Waals surface area contributed by atoms with E-state index in [2.05, 4.69) is 36.3 Å². The van der Waals surface area contributed by atoms with Crippen molar-refractivity contribution in [3.05, 3.63) is 29.8 Å². The smallest absolute Gasteiger partial charge is 0.122 e. The summed E-state index contributed by atoms with van der Waals surface area (Å²) in [5, 5.41) is 3.69. The van der Waals surface area contributed by atoms with Crippen molar-refractivity contribution in [2.45, 2.75) is 32.2 Å². The summed E-state index contributed by atoms with van der Waals surface area (Å²) >= 11 is 0. The van der Waals surface area contributed by atoms with Crippen LogP contribution in [0, 0.1) is 5.92 Å². The second-order valence-corrected chi connectivity index (χ2v) is 6.10. The highest BCUT2D eigenvalue weighted by Gasteiger charge is 2.17. The van der Waals surface area contributed by atoms with Crippen LogP contribution in [0.5, 0.6) is 5.75 Å². The zero-order valence-electron chi connectivity index (χ0n) is 13.1. The predicted molar refractivity (Wildman–Crippen MR) is 84.4 cm³/mol. The van der Waals surface area contributed by atoms with Gasteiger partial charge in [-0.2, -0.15) is 0 Å². The van der Waals surface area contributed by atoms with E-state index in [9.17, 15) is 0 Å². The number of methoxy groups -OCH3 is 1. The first-order chi connectivity index (χ1) is 9.69. The van der Waals surface area contributed by atoms with Crippen LogP contribution < -0.4 is 10.1 Å². The summed E-state index contributed by atoms with van der Waals surface area (Å²) in [6.07, 6.45) is 3.72. The average Bonchev–Trinajstić information content (AvgIpc) is 2.46. The van der Waals surface area contributed by atoms with E-state index in [0.29, 0.717) is 6.04 Å². The number of hydrogen-bond donors (Lipinski definition) is 1. The second kappa shape index (κ2) is 7.65. The molecule has 1 aliphatic rings. The molecule has 2 atom stereocenters. The van der Waals surface area contributed by atoms with E-state index in [0.717, 1.165) is 24.6 Å². The number of benzene rings is 1. The third-order valence-corrected chi connectivity index (χ3v) is 4.20. The average molecular weight is 276 g/mol. The van der Waals surface area contributed by atoms with Crippen LogP contribution in [0.3, 0.4) is 0 Å². The van der Waals surface area contributed by atoms with Crippen molar-refractivity contribution < 1.29 is 4.74 Å². The Morgan fingerprint density at radius 2 is 2.20 bits per heavy atom. The van der Waals surface area contributed by atoms with Gasteiger partial charge in [0, 0.05) is 12.6 Å². The standard InChI is InChI=1S/C17H28N2O/c1-14(11-16-8-4-5-9-17(16)20-3)18-12-15-7-6-10-19(2)13-15/h4-5,8-9,14-15,18H,6-7,10-13H2,1-3H3/t14-,15+/m0/s1. The van der Waals surface area contributed by atoms with Crippen molar-refractivity contribution in [3.63, 3.8) is 0 Å². The van der Waals surface area contributed by atoms with E-state index >= 15 is 0 Å². The molecule has 1 aliphatic heterocycles. The van der Waals surface area contributed by atoms with Crippen molar-refractivity contribution in [2.24, 2.45) is 5.92 Å². The van der Waals surface area contributed by atoms with Gasteiger partial charge in [-0.15, -0.1) is 0 Å². The summed E-state index contributed by atoms with van der Waals surface area (Å²) in [6.45, 7) is 5.88. The molecule has 20 heavy (non-hydrogen) atoms. The molecule has 3 nitrogen and oxygen atoms in total. The summed E-state index contributed by atoms with van der Waals surface area (Å²) in [7, 11) is 3.97. The minimum absolute atomic E-state index is 0.485. The lowest BCUT2D eigenvalue weighted by molar-refractivity contribution is 0.203. The zero-order chi connectivity index (χ0) is 14.4. The van der Waals surface area contributed by atoms with Crippen LogP contribution in [-0.2, 0) is 6.42 Å². The fourth-order valence-electron chi connectivity index (χ4n) is 3.08. The Morgan fingerprint density at radius 3 is 2.95 bits per heavy atom. The van der Waals surface area contributed by atoms with Crippen LogP contribution in [0.1, 0.15) is 25.3 Å². The number of nitrogens with zero attached hydrogens (tertiary/aromatic N) is 1. The summed E-state index contributed by atoms with van der Waals surface area (Å²) in [5.74, 6) is 1.80. The first-order valence-electron chi connectivity index (χ1n) is 7.73. The topological polar surface area (TPSA) is 24.5 Å². The second-order valence-electron chi connectivity index (χ2n) is 6.10. The third-order valence-electron chi connectivity index (χ3n) is 4.20. The van der Waals surface area contributed by atoms with Gasteiger partial charge < -0.3 is 15.0 Å². The molecule has 112 valence electrons. The number of hydrogen-bond acceptors (Lipinski definition) is 3. The molecule has 1 heterocycles. The fraction of sp³-hybridized carbons (Fsp3) is 0.647. The van der Waals surface area contributed by atoms with Gasteiger partial charge in [0.1, 0.15) is 5.75 Å². The Labute approximate surface area is 123 Å². The van der Waals surface area contributed by atoms with E-state index in [1.165, 1.54) is 31.5 Å². The van der Waals surface area contributed by atoms with Crippen LogP contribution in [-0.4, -0.2) is 44.7 Å². The van der Waals surface area contributed by atoms with Crippen molar-refractivity contribution in [3.8, 4) is 5.75 Å². The maximum absolute atomic E-state index is 5.42. The molecule has 0 aliphatic carbocycles. The van der Waals surface area contributed by atoms with Crippen molar-refractivity contribution in [1.29, 1.82) is 0 Å². The van der Waals surface area contributed by atoms with Gasteiger partial charge in [0.05, 0.1) is 7.11 Å². The Bertz CT molecular complexity index is 408. The SMILES string of the molecule is COc1ccccc1C[C@H](C)NC[C@H]1CCCN(C)C1. The molecule has 1 N–H and O–H groups in total. The molecule has 0 spiro atoms. The van der Waals surface area contributed by atoms with E-state index < -0.39 is 0 Å². The maximum atomic E-state index is 5.42. The molecule has 0 radical (unpaired) electrons. The first kappa shape index (κ1) is 15.3. The van der Waals surface area contributed by atoms with Gasteiger partial charge in [-0.05, 0) is 63.9 Å². The zero-order valence-corrected chi connectivity index (χ0v) is 13.1. The molecule has 1 saturated heterocycles. The molecule has 0 unspecified atom stereocenters. The Balaban J connectivity index is 1.78. The normalized spacial score (nSPS) is 21.6. The highest BCUT2D eigenvalue weighted by molar-refractivity contribution is 5.33. The molecule has 2 rings (SSSR count).